The summed E-state index contributed by atoms with van der Waals surface area (Å²) in [7, 11) is 2.03. The summed E-state index contributed by atoms with van der Waals surface area (Å²) in [5.41, 5.74) is 8.68. The van der Waals surface area contributed by atoms with Crippen LogP contribution >= 0.6 is 0 Å². The van der Waals surface area contributed by atoms with Crippen molar-refractivity contribution in [3.8, 4) is 0 Å². The van der Waals surface area contributed by atoms with Gasteiger partial charge in [-0.15, -0.1) is 0 Å². The van der Waals surface area contributed by atoms with Crippen LogP contribution in [-0.4, -0.2) is 15.3 Å². The summed E-state index contributed by atoms with van der Waals surface area (Å²) in [5, 5.41) is 5.85. The molecule has 3 heteroatoms. The third kappa shape index (κ3) is 1.35. The van der Waals surface area contributed by atoms with Gasteiger partial charge in [0, 0.05) is 23.4 Å². The van der Waals surface area contributed by atoms with Crippen LogP contribution in [0.1, 0.15) is 32.4 Å². The fourth-order valence-corrected chi connectivity index (χ4v) is 3.03. The van der Waals surface area contributed by atoms with Crippen LogP contribution in [0.5, 0.6) is 0 Å². The fraction of sp³-hybridized carbons (Fsp3) is 0.500. The van der Waals surface area contributed by atoms with Crippen molar-refractivity contribution in [1.29, 1.82) is 0 Å². The molecule has 0 radical (unpaired) electrons. The van der Waals surface area contributed by atoms with Gasteiger partial charge < -0.3 is 5.73 Å². The first-order valence-corrected chi connectivity index (χ1v) is 6.17. The third-order valence-electron chi connectivity index (χ3n) is 4.18. The summed E-state index contributed by atoms with van der Waals surface area (Å²) in [5.74, 6) is 0. The lowest BCUT2D eigenvalue weighted by molar-refractivity contribution is 0.374. The largest absolute Gasteiger partial charge is 0.325 e. The van der Waals surface area contributed by atoms with E-state index in [1.165, 1.54) is 23.9 Å². The van der Waals surface area contributed by atoms with Crippen LogP contribution in [0.15, 0.2) is 24.3 Å². The molecule has 3 rings (SSSR count). The SMILES string of the molecule is Cn1nc2ccccc2c1C1(C(C)(C)N)CC1. The molecule has 2 aromatic rings. The van der Waals surface area contributed by atoms with Crippen LogP contribution in [0.2, 0.25) is 0 Å². The molecule has 1 aliphatic carbocycles. The molecule has 17 heavy (non-hydrogen) atoms. The first-order chi connectivity index (χ1) is 7.96. The van der Waals surface area contributed by atoms with Gasteiger partial charge in [0.05, 0.1) is 11.2 Å². The quantitative estimate of drug-likeness (QED) is 0.859. The zero-order chi connectivity index (χ0) is 12.3. The molecular formula is C14H19N3. The Balaban J connectivity index is 2.28. The summed E-state index contributed by atoms with van der Waals surface area (Å²) in [6, 6.07) is 8.33. The topological polar surface area (TPSA) is 43.8 Å². The predicted octanol–water partition coefficient (Wildman–Crippen LogP) is 2.34. The van der Waals surface area contributed by atoms with Crippen molar-refractivity contribution in [3.05, 3.63) is 30.0 Å². The number of nitrogens with zero attached hydrogens (tertiary/aromatic N) is 2. The Morgan fingerprint density at radius 1 is 1.29 bits per heavy atom. The minimum Gasteiger partial charge on any atom is -0.325 e. The summed E-state index contributed by atoms with van der Waals surface area (Å²) in [6.07, 6.45) is 2.33. The lowest BCUT2D eigenvalue weighted by Crippen LogP contribution is -2.46. The second-order valence-corrected chi connectivity index (χ2v) is 5.79. The highest BCUT2D eigenvalue weighted by Crippen LogP contribution is 2.56. The van der Waals surface area contributed by atoms with Crippen molar-refractivity contribution in [2.75, 3.05) is 0 Å². The Kier molecular flexibility index (Phi) is 1.97. The zero-order valence-electron chi connectivity index (χ0n) is 10.7. The zero-order valence-corrected chi connectivity index (χ0v) is 10.7. The van der Waals surface area contributed by atoms with Crippen LogP contribution in [0.3, 0.4) is 0 Å². The second kappa shape index (κ2) is 3.10. The number of benzene rings is 1. The van der Waals surface area contributed by atoms with Gasteiger partial charge in [-0.25, -0.2) is 0 Å². The summed E-state index contributed by atoms with van der Waals surface area (Å²) >= 11 is 0. The average Bonchev–Trinajstić information content (AvgIpc) is 2.96. The van der Waals surface area contributed by atoms with Gasteiger partial charge in [0.15, 0.2) is 0 Å². The molecule has 1 aromatic heterocycles. The van der Waals surface area contributed by atoms with E-state index in [9.17, 15) is 0 Å². The van der Waals surface area contributed by atoms with Crippen LogP contribution in [0.25, 0.3) is 10.9 Å². The van der Waals surface area contributed by atoms with E-state index in [0.717, 1.165) is 5.52 Å². The summed E-state index contributed by atoms with van der Waals surface area (Å²) in [4.78, 5) is 0. The van der Waals surface area contributed by atoms with Gasteiger partial charge in [-0.2, -0.15) is 5.10 Å². The Hall–Kier alpha value is -1.35. The van der Waals surface area contributed by atoms with Crippen LogP contribution < -0.4 is 5.73 Å². The number of nitrogens with two attached hydrogens (primary N) is 1. The van der Waals surface area contributed by atoms with Crippen molar-refractivity contribution < 1.29 is 0 Å². The van der Waals surface area contributed by atoms with Gasteiger partial charge >= 0.3 is 0 Å². The van der Waals surface area contributed by atoms with Crippen molar-refractivity contribution >= 4 is 10.9 Å². The minimum atomic E-state index is -0.191. The van der Waals surface area contributed by atoms with E-state index in [1.807, 2.05) is 17.8 Å². The molecule has 0 bridgehead atoms. The molecule has 1 aliphatic rings. The lowest BCUT2D eigenvalue weighted by atomic mass is 9.81. The van der Waals surface area contributed by atoms with Gasteiger partial charge in [-0.1, -0.05) is 18.2 Å². The summed E-state index contributed by atoms with van der Waals surface area (Å²) < 4.78 is 2.02. The monoisotopic (exact) mass is 229 g/mol. The second-order valence-electron chi connectivity index (χ2n) is 5.79. The molecule has 90 valence electrons. The van der Waals surface area contributed by atoms with E-state index in [1.54, 1.807) is 0 Å². The highest BCUT2D eigenvalue weighted by molar-refractivity contribution is 5.83. The smallest absolute Gasteiger partial charge is 0.0926 e. The molecule has 1 saturated carbocycles. The molecule has 1 fully saturated rings. The number of rotatable bonds is 2. The fourth-order valence-electron chi connectivity index (χ4n) is 3.03. The molecule has 0 atom stereocenters. The average molecular weight is 229 g/mol. The van der Waals surface area contributed by atoms with Gasteiger partial charge in [-0.3, -0.25) is 4.68 Å². The standard InChI is InChI=1S/C14H19N3/c1-13(2,15)14(8-9-14)12-10-6-4-5-7-11(10)16-17(12)3/h4-7H,8-9,15H2,1-3H3. The van der Waals surface area contributed by atoms with Gasteiger partial charge in [-0.05, 0) is 32.8 Å². The van der Waals surface area contributed by atoms with Crippen LogP contribution in [0, 0.1) is 0 Å². The van der Waals surface area contributed by atoms with E-state index >= 15 is 0 Å². The van der Waals surface area contributed by atoms with Crippen molar-refractivity contribution in [1.82, 2.24) is 9.78 Å². The van der Waals surface area contributed by atoms with Crippen molar-refractivity contribution in [3.63, 3.8) is 0 Å². The maximum atomic E-state index is 6.39. The molecule has 0 spiro atoms. The highest BCUT2D eigenvalue weighted by Gasteiger charge is 2.56. The molecule has 1 aromatic carbocycles. The van der Waals surface area contributed by atoms with E-state index in [2.05, 4.69) is 37.1 Å². The minimum absolute atomic E-state index is 0.109. The van der Waals surface area contributed by atoms with Gasteiger partial charge in [0.2, 0.25) is 0 Å². The Morgan fingerprint density at radius 2 is 1.94 bits per heavy atom. The first kappa shape index (κ1) is 10.8. The van der Waals surface area contributed by atoms with Gasteiger partial charge in [0.25, 0.3) is 0 Å². The van der Waals surface area contributed by atoms with Crippen LogP contribution in [0.4, 0.5) is 0 Å². The third-order valence-corrected chi connectivity index (χ3v) is 4.18. The Labute approximate surface area is 102 Å². The van der Waals surface area contributed by atoms with Gasteiger partial charge in [0.1, 0.15) is 0 Å². The maximum Gasteiger partial charge on any atom is 0.0926 e. The van der Waals surface area contributed by atoms with Crippen LogP contribution in [-0.2, 0) is 12.5 Å². The number of hydrogen-bond acceptors (Lipinski definition) is 2. The summed E-state index contributed by atoms with van der Waals surface area (Å²) in [6.45, 7) is 4.25. The number of fused-ring (bicyclic) bond motifs is 1. The molecular weight excluding hydrogens is 210 g/mol. The maximum absolute atomic E-state index is 6.39. The number of aryl methyl sites for hydroxylation is 1. The molecule has 0 unspecified atom stereocenters. The number of hydrogen-bond donors (Lipinski definition) is 1. The molecule has 3 nitrogen and oxygen atoms in total. The van der Waals surface area contributed by atoms with E-state index in [-0.39, 0.29) is 11.0 Å². The van der Waals surface area contributed by atoms with Crippen molar-refractivity contribution in [2.24, 2.45) is 12.8 Å². The number of aromatic nitrogens is 2. The normalized spacial score (nSPS) is 18.6. The molecule has 0 amide bonds. The molecule has 0 saturated heterocycles. The van der Waals surface area contributed by atoms with E-state index in [4.69, 9.17) is 5.73 Å². The predicted molar refractivity (Wildman–Crippen MR) is 69.9 cm³/mol. The lowest BCUT2D eigenvalue weighted by Gasteiger charge is -2.31. The van der Waals surface area contributed by atoms with E-state index in [0.29, 0.717) is 0 Å². The highest BCUT2D eigenvalue weighted by atomic mass is 15.3. The van der Waals surface area contributed by atoms with Crippen molar-refractivity contribution in [2.45, 2.75) is 37.6 Å². The Bertz CT molecular complexity index is 571. The first-order valence-electron chi connectivity index (χ1n) is 6.17. The molecule has 0 aliphatic heterocycles. The molecule has 2 N–H and O–H groups in total. The van der Waals surface area contributed by atoms with E-state index < -0.39 is 0 Å². The molecule has 1 heterocycles. The Morgan fingerprint density at radius 3 is 2.53 bits per heavy atom.